The molecule has 4 rings (SSSR count). The minimum atomic E-state index is -0.415. The third kappa shape index (κ3) is 6.05. The quantitative estimate of drug-likeness (QED) is 0.297. The number of fused-ring (bicyclic) bond motifs is 1. The molecule has 0 aliphatic rings. The van der Waals surface area contributed by atoms with E-state index in [1.54, 1.807) is 18.2 Å². The van der Waals surface area contributed by atoms with Gasteiger partial charge in [0.15, 0.2) is 23.2 Å². The lowest BCUT2D eigenvalue weighted by Crippen LogP contribution is -2.37. The Kier molecular flexibility index (Phi) is 7.36. The minimum absolute atomic E-state index is 0.160. The maximum atomic E-state index is 12.1. The lowest BCUT2D eigenvalue weighted by molar-refractivity contribution is -0.121. The number of hydrogen-bond donors (Lipinski definition) is 2. The van der Waals surface area contributed by atoms with Gasteiger partial charge in [0.25, 0.3) is 5.91 Å². The highest BCUT2D eigenvalue weighted by atomic mass is 35.5. The minimum Gasteiger partial charge on any atom is -0.482 e. The van der Waals surface area contributed by atoms with E-state index < -0.39 is 5.91 Å². The zero-order chi connectivity index (χ0) is 24.2. The van der Waals surface area contributed by atoms with Crippen LogP contribution >= 0.6 is 35.4 Å². The van der Waals surface area contributed by atoms with Crippen molar-refractivity contribution < 1.29 is 13.9 Å². The van der Waals surface area contributed by atoms with Gasteiger partial charge in [0, 0.05) is 17.1 Å². The van der Waals surface area contributed by atoms with Crippen molar-refractivity contribution in [2.24, 2.45) is 0 Å². The van der Waals surface area contributed by atoms with Crippen LogP contribution in [0.2, 0.25) is 10.0 Å². The molecule has 1 aromatic heterocycles. The molecule has 174 valence electrons. The number of nitrogens with zero attached hydrogens (tertiary/aromatic N) is 1. The number of carbonyl (C=O) groups excluding carboxylic acids is 1. The lowest BCUT2D eigenvalue weighted by atomic mass is 10.1. The normalized spacial score (nSPS) is 10.8. The van der Waals surface area contributed by atoms with Gasteiger partial charge in [-0.15, -0.1) is 0 Å². The molecule has 6 nitrogen and oxygen atoms in total. The molecule has 0 fully saturated rings. The molecule has 0 atom stereocenters. The predicted octanol–water partition coefficient (Wildman–Crippen LogP) is 6.23. The van der Waals surface area contributed by atoms with E-state index in [-0.39, 0.29) is 11.7 Å². The summed E-state index contributed by atoms with van der Waals surface area (Å²) in [6.07, 6.45) is 0.568. The number of nitrogens with one attached hydrogen (secondary N) is 2. The number of oxazole rings is 1. The summed E-state index contributed by atoms with van der Waals surface area (Å²) in [5.74, 6) is 0.603. The van der Waals surface area contributed by atoms with E-state index in [0.717, 1.165) is 22.4 Å². The van der Waals surface area contributed by atoms with Crippen LogP contribution in [0.25, 0.3) is 11.1 Å². The van der Waals surface area contributed by atoms with Crippen molar-refractivity contribution >= 4 is 63.2 Å². The largest absolute Gasteiger partial charge is 0.482 e. The smallest absolute Gasteiger partial charge is 0.264 e. The van der Waals surface area contributed by atoms with Crippen LogP contribution in [0.3, 0.4) is 0 Å². The number of halogens is 2. The van der Waals surface area contributed by atoms with Gasteiger partial charge in [-0.3, -0.25) is 10.1 Å². The molecule has 0 saturated heterocycles. The van der Waals surface area contributed by atoms with Crippen LogP contribution in [0.4, 0.5) is 5.69 Å². The van der Waals surface area contributed by atoms with Gasteiger partial charge < -0.3 is 14.5 Å². The van der Waals surface area contributed by atoms with Crippen LogP contribution < -0.4 is 15.4 Å². The average molecular weight is 514 g/mol. The molecule has 0 aliphatic carbocycles. The number of ether oxygens (including phenoxy) is 1. The molecule has 2 N–H and O–H groups in total. The Bertz CT molecular complexity index is 1330. The van der Waals surface area contributed by atoms with Crippen LogP contribution in [-0.4, -0.2) is 22.6 Å². The van der Waals surface area contributed by atoms with Crippen molar-refractivity contribution in [3.8, 4) is 5.75 Å². The molecule has 34 heavy (non-hydrogen) atoms. The van der Waals surface area contributed by atoms with Crippen LogP contribution in [0.5, 0.6) is 5.75 Å². The summed E-state index contributed by atoms with van der Waals surface area (Å²) in [5.41, 5.74) is 5.79. The molecular formula is C25H21Cl2N3O3S. The highest BCUT2D eigenvalue weighted by molar-refractivity contribution is 7.80. The van der Waals surface area contributed by atoms with Gasteiger partial charge in [0.2, 0.25) is 0 Å². The van der Waals surface area contributed by atoms with E-state index in [1.807, 2.05) is 36.4 Å². The lowest BCUT2D eigenvalue weighted by Gasteiger charge is -2.11. The maximum absolute atomic E-state index is 12.1. The van der Waals surface area contributed by atoms with E-state index in [4.69, 9.17) is 44.6 Å². The molecule has 0 aliphatic heterocycles. The van der Waals surface area contributed by atoms with E-state index in [9.17, 15) is 4.79 Å². The summed E-state index contributed by atoms with van der Waals surface area (Å²) in [5, 5.41) is 6.51. The van der Waals surface area contributed by atoms with Crippen molar-refractivity contribution in [1.82, 2.24) is 10.3 Å². The van der Waals surface area contributed by atoms with Crippen molar-refractivity contribution in [1.29, 1.82) is 0 Å². The number of aryl methyl sites for hydroxylation is 2. The molecule has 0 unspecified atom stereocenters. The third-order valence-corrected chi connectivity index (χ3v) is 5.86. The van der Waals surface area contributed by atoms with Gasteiger partial charge >= 0.3 is 0 Å². The Balaban J connectivity index is 1.29. The number of carbonyl (C=O) groups is 1. The topological polar surface area (TPSA) is 76.4 Å². The van der Waals surface area contributed by atoms with Gasteiger partial charge in [-0.2, -0.15) is 0 Å². The highest BCUT2D eigenvalue weighted by Gasteiger charge is 2.10. The second-order valence-corrected chi connectivity index (χ2v) is 9.00. The fraction of sp³-hybridized carbons (Fsp3) is 0.160. The zero-order valence-corrected chi connectivity index (χ0v) is 20.8. The Morgan fingerprint density at radius 2 is 1.79 bits per heavy atom. The van der Waals surface area contributed by atoms with Crippen molar-refractivity contribution in [3.63, 3.8) is 0 Å². The molecule has 3 aromatic carbocycles. The summed E-state index contributed by atoms with van der Waals surface area (Å²) in [7, 11) is 0. The van der Waals surface area contributed by atoms with E-state index in [1.165, 1.54) is 11.1 Å². The van der Waals surface area contributed by atoms with Crippen LogP contribution in [0, 0.1) is 13.8 Å². The zero-order valence-electron chi connectivity index (χ0n) is 18.4. The molecule has 1 heterocycles. The maximum Gasteiger partial charge on any atom is 0.264 e. The molecule has 0 saturated carbocycles. The fourth-order valence-electron chi connectivity index (χ4n) is 3.24. The Labute approximate surface area is 212 Å². The Morgan fingerprint density at radius 1 is 1.06 bits per heavy atom. The number of thiocarbonyl (C=S) groups is 1. The molecule has 9 heteroatoms. The first-order valence-electron chi connectivity index (χ1n) is 10.4. The number of benzene rings is 3. The van der Waals surface area contributed by atoms with Crippen LogP contribution in [-0.2, 0) is 11.2 Å². The molecular weight excluding hydrogens is 493 g/mol. The predicted molar refractivity (Wildman–Crippen MR) is 139 cm³/mol. The van der Waals surface area contributed by atoms with Crippen LogP contribution in [0.1, 0.15) is 22.6 Å². The SMILES string of the molecule is Cc1cc2nc(Cc3ccc(NC(=S)NC(=O)COc4ccc(Cl)cc4Cl)cc3)oc2cc1C. The summed E-state index contributed by atoms with van der Waals surface area (Å²) in [4.78, 5) is 16.7. The molecule has 0 radical (unpaired) electrons. The van der Waals surface area contributed by atoms with Gasteiger partial charge in [-0.05, 0) is 85.2 Å². The number of aromatic nitrogens is 1. The van der Waals surface area contributed by atoms with E-state index in [0.29, 0.717) is 28.1 Å². The third-order valence-electron chi connectivity index (χ3n) is 5.12. The first-order chi connectivity index (χ1) is 16.3. The van der Waals surface area contributed by atoms with Gasteiger partial charge in [0.05, 0.1) is 5.02 Å². The fourth-order valence-corrected chi connectivity index (χ4v) is 3.94. The molecule has 1 amide bonds. The second-order valence-electron chi connectivity index (χ2n) is 7.75. The summed E-state index contributed by atoms with van der Waals surface area (Å²) >= 11 is 17.1. The first kappa shape index (κ1) is 24.0. The van der Waals surface area contributed by atoms with E-state index in [2.05, 4.69) is 29.5 Å². The number of anilines is 1. The summed E-state index contributed by atoms with van der Waals surface area (Å²) < 4.78 is 11.3. The number of amides is 1. The standard InChI is InChI=1S/C25H21Cl2N3O3S/c1-14-9-20-22(10-15(14)2)33-24(29-20)11-16-3-6-18(7-4-16)28-25(34)30-23(31)13-32-21-8-5-17(26)12-19(21)27/h3-10,12H,11,13H2,1-2H3,(H2,28,30,31,34). The number of hydrogen-bond acceptors (Lipinski definition) is 5. The van der Waals surface area contributed by atoms with E-state index >= 15 is 0 Å². The average Bonchev–Trinajstić information content (AvgIpc) is 3.15. The molecule has 4 aromatic rings. The van der Waals surface area contributed by atoms with Crippen molar-refractivity contribution in [3.05, 3.63) is 87.2 Å². The van der Waals surface area contributed by atoms with Gasteiger partial charge in [-0.25, -0.2) is 4.98 Å². The molecule has 0 spiro atoms. The summed E-state index contributed by atoms with van der Waals surface area (Å²) in [6.45, 7) is 3.87. The van der Waals surface area contributed by atoms with Crippen molar-refractivity contribution in [2.45, 2.75) is 20.3 Å². The monoisotopic (exact) mass is 513 g/mol. The van der Waals surface area contributed by atoms with Crippen molar-refractivity contribution in [2.75, 3.05) is 11.9 Å². The Morgan fingerprint density at radius 3 is 2.53 bits per heavy atom. The second kappa shape index (κ2) is 10.4. The van der Waals surface area contributed by atoms with Gasteiger partial charge in [0.1, 0.15) is 11.3 Å². The molecule has 0 bridgehead atoms. The first-order valence-corrected chi connectivity index (χ1v) is 11.6. The number of rotatable bonds is 6. The summed E-state index contributed by atoms with van der Waals surface area (Å²) in [6, 6.07) is 16.4. The van der Waals surface area contributed by atoms with Gasteiger partial charge in [-0.1, -0.05) is 35.3 Å². The Hall–Kier alpha value is -3.13. The van der Waals surface area contributed by atoms with Crippen LogP contribution in [0.15, 0.2) is 59.0 Å². The highest BCUT2D eigenvalue weighted by Crippen LogP contribution is 2.27.